The van der Waals surface area contributed by atoms with Crippen molar-refractivity contribution in [1.29, 1.82) is 0 Å². The quantitative estimate of drug-likeness (QED) is 0.612. The first-order valence-electron chi connectivity index (χ1n) is 9.04. The first-order valence-corrected chi connectivity index (χ1v) is 10.3. The van der Waals surface area contributed by atoms with E-state index in [0.717, 1.165) is 37.1 Å². The summed E-state index contributed by atoms with van der Waals surface area (Å²) in [5.41, 5.74) is 10.6. The number of anilines is 1. The molecule has 0 aromatic heterocycles. The summed E-state index contributed by atoms with van der Waals surface area (Å²) < 4.78 is 0.513. The molecule has 0 radical (unpaired) electrons. The van der Waals surface area contributed by atoms with E-state index in [2.05, 4.69) is 46.6 Å². The molecule has 3 N–H and O–H groups in total. The molecule has 4 rings (SSSR count). The molecule has 0 spiro atoms. The van der Waals surface area contributed by atoms with Crippen LogP contribution >= 0.6 is 24.0 Å². The Balaban J connectivity index is 1.47. The van der Waals surface area contributed by atoms with Gasteiger partial charge < -0.3 is 16.0 Å². The van der Waals surface area contributed by atoms with E-state index in [1.54, 1.807) is 0 Å². The van der Waals surface area contributed by atoms with Crippen molar-refractivity contribution in [2.24, 2.45) is 5.73 Å². The smallest absolute Gasteiger partial charge is 0.263 e. The van der Waals surface area contributed by atoms with Gasteiger partial charge in [0.2, 0.25) is 0 Å². The van der Waals surface area contributed by atoms with E-state index in [9.17, 15) is 4.79 Å². The minimum absolute atomic E-state index is 0.122. The van der Waals surface area contributed by atoms with Crippen molar-refractivity contribution < 1.29 is 4.79 Å². The molecular formula is C21H21N3OS2. The fourth-order valence-electron chi connectivity index (χ4n) is 3.37. The largest absolute Gasteiger partial charge is 0.371 e. The molecule has 1 amide bonds. The van der Waals surface area contributed by atoms with Crippen LogP contribution in [-0.4, -0.2) is 29.4 Å². The lowest BCUT2D eigenvalue weighted by atomic mass is 10.0. The van der Waals surface area contributed by atoms with Crippen molar-refractivity contribution in [3.8, 4) is 11.1 Å². The number of carbonyl (C=O) groups is 1. The normalized spacial score (nSPS) is 19.6. The minimum Gasteiger partial charge on any atom is -0.371 e. The van der Waals surface area contributed by atoms with Crippen molar-refractivity contribution in [3.63, 3.8) is 0 Å². The number of amides is 1. The van der Waals surface area contributed by atoms with Gasteiger partial charge in [-0.3, -0.25) is 4.79 Å². The van der Waals surface area contributed by atoms with Crippen LogP contribution in [0.25, 0.3) is 17.2 Å². The van der Waals surface area contributed by atoms with E-state index >= 15 is 0 Å². The molecule has 2 aliphatic rings. The third kappa shape index (κ3) is 4.24. The molecular weight excluding hydrogens is 374 g/mol. The van der Waals surface area contributed by atoms with Gasteiger partial charge in [0.25, 0.3) is 5.91 Å². The van der Waals surface area contributed by atoms with Crippen LogP contribution in [0.5, 0.6) is 0 Å². The minimum atomic E-state index is -0.122. The fraction of sp³-hybridized carbons (Fsp3) is 0.238. The average molecular weight is 396 g/mol. The summed E-state index contributed by atoms with van der Waals surface area (Å²) in [4.78, 5) is 14.8. The van der Waals surface area contributed by atoms with Gasteiger partial charge in [0.15, 0.2) is 0 Å². The number of nitrogens with two attached hydrogens (primary N) is 1. The molecule has 0 unspecified atom stereocenters. The van der Waals surface area contributed by atoms with Gasteiger partial charge in [0.1, 0.15) is 4.32 Å². The lowest BCUT2D eigenvalue weighted by molar-refractivity contribution is -0.115. The van der Waals surface area contributed by atoms with Crippen LogP contribution in [0, 0.1) is 0 Å². The molecule has 2 aromatic rings. The number of piperidine rings is 1. The Labute approximate surface area is 168 Å². The number of carbonyl (C=O) groups excluding carboxylic acids is 1. The second kappa shape index (κ2) is 7.84. The van der Waals surface area contributed by atoms with Crippen LogP contribution in [-0.2, 0) is 4.79 Å². The second-order valence-corrected chi connectivity index (χ2v) is 8.56. The van der Waals surface area contributed by atoms with Gasteiger partial charge in [0.05, 0.1) is 4.91 Å². The maximum absolute atomic E-state index is 11.8. The van der Waals surface area contributed by atoms with E-state index in [1.165, 1.54) is 23.0 Å². The standard InChI is InChI=1S/C21H21N3OS2/c22-17-9-11-24(12-10-17)18-7-5-16(6-8-18)15-3-1-14(2-4-15)13-19-20(25)23-21(26)27-19/h1-8,13,17H,9-12,22H2,(H,23,25,26)/b19-13-. The van der Waals surface area contributed by atoms with Crippen molar-refractivity contribution in [2.45, 2.75) is 18.9 Å². The summed E-state index contributed by atoms with van der Waals surface area (Å²) in [6.45, 7) is 2.05. The zero-order chi connectivity index (χ0) is 18.8. The molecule has 2 aromatic carbocycles. The zero-order valence-corrected chi connectivity index (χ0v) is 16.5. The lowest BCUT2D eigenvalue weighted by Crippen LogP contribution is -2.39. The highest BCUT2D eigenvalue weighted by molar-refractivity contribution is 8.26. The Bertz CT molecular complexity index is 883. The molecule has 4 nitrogen and oxygen atoms in total. The number of benzene rings is 2. The van der Waals surface area contributed by atoms with Gasteiger partial charge in [-0.2, -0.15) is 0 Å². The molecule has 0 aliphatic carbocycles. The fourth-order valence-corrected chi connectivity index (χ4v) is 4.41. The highest BCUT2D eigenvalue weighted by atomic mass is 32.2. The summed E-state index contributed by atoms with van der Waals surface area (Å²) in [6, 6.07) is 17.2. The van der Waals surface area contributed by atoms with Gasteiger partial charge in [-0.05, 0) is 47.7 Å². The molecule has 0 atom stereocenters. The predicted octanol–water partition coefficient (Wildman–Crippen LogP) is 3.77. The summed E-state index contributed by atoms with van der Waals surface area (Å²) >= 11 is 6.32. The van der Waals surface area contributed by atoms with E-state index < -0.39 is 0 Å². The van der Waals surface area contributed by atoms with Crippen LogP contribution in [0.15, 0.2) is 53.4 Å². The Morgan fingerprint density at radius 2 is 1.63 bits per heavy atom. The average Bonchev–Trinajstić information content (AvgIpc) is 3.00. The summed E-state index contributed by atoms with van der Waals surface area (Å²) in [6.07, 6.45) is 3.98. The number of thiocarbonyl (C=S) groups is 1. The number of rotatable bonds is 3. The van der Waals surface area contributed by atoms with Crippen molar-refractivity contribution in [3.05, 3.63) is 59.0 Å². The number of nitrogens with zero attached hydrogens (tertiary/aromatic N) is 1. The highest BCUT2D eigenvalue weighted by Crippen LogP contribution is 2.28. The van der Waals surface area contributed by atoms with Gasteiger partial charge in [-0.25, -0.2) is 0 Å². The number of thioether (sulfide) groups is 1. The van der Waals surface area contributed by atoms with Gasteiger partial charge in [0, 0.05) is 24.8 Å². The topological polar surface area (TPSA) is 58.4 Å². The third-order valence-electron chi connectivity index (χ3n) is 4.96. The molecule has 27 heavy (non-hydrogen) atoms. The Hall–Kier alpha value is -2.15. The van der Waals surface area contributed by atoms with Gasteiger partial charge in [-0.1, -0.05) is 60.4 Å². The van der Waals surface area contributed by atoms with Gasteiger partial charge in [-0.15, -0.1) is 0 Å². The van der Waals surface area contributed by atoms with E-state index in [0.29, 0.717) is 15.3 Å². The Kier molecular flexibility index (Phi) is 5.29. The lowest BCUT2D eigenvalue weighted by Gasteiger charge is -2.32. The summed E-state index contributed by atoms with van der Waals surface area (Å²) in [7, 11) is 0. The molecule has 138 valence electrons. The van der Waals surface area contributed by atoms with Crippen LogP contribution in [0.4, 0.5) is 5.69 Å². The molecule has 2 heterocycles. The van der Waals surface area contributed by atoms with Crippen molar-refractivity contribution in [1.82, 2.24) is 5.32 Å². The van der Waals surface area contributed by atoms with Crippen molar-refractivity contribution in [2.75, 3.05) is 18.0 Å². The molecule has 2 fully saturated rings. The summed E-state index contributed by atoms with van der Waals surface area (Å²) in [5.74, 6) is -0.122. The van der Waals surface area contributed by atoms with Crippen LogP contribution in [0.3, 0.4) is 0 Å². The Morgan fingerprint density at radius 3 is 2.19 bits per heavy atom. The second-order valence-electron chi connectivity index (χ2n) is 6.85. The van der Waals surface area contributed by atoms with Crippen LogP contribution < -0.4 is 16.0 Å². The maximum atomic E-state index is 11.8. The van der Waals surface area contributed by atoms with Crippen molar-refractivity contribution >= 4 is 46.0 Å². The molecule has 0 saturated carbocycles. The SMILES string of the molecule is NC1CCN(c2ccc(-c3ccc(/C=C4\SC(=S)NC4=O)cc3)cc2)CC1. The first-order chi connectivity index (χ1) is 13.1. The predicted molar refractivity (Wildman–Crippen MR) is 118 cm³/mol. The van der Waals surface area contributed by atoms with Crippen LogP contribution in [0.1, 0.15) is 18.4 Å². The zero-order valence-electron chi connectivity index (χ0n) is 14.9. The number of hydrogen-bond acceptors (Lipinski definition) is 5. The van der Waals surface area contributed by atoms with E-state index in [4.69, 9.17) is 18.0 Å². The third-order valence-corrected chi connectivity index (χ3v) is 6.12. The van der Waals surface area contributed by atoms with E-state index in [1.807, 2.05) is 18.2 Å². The van der Waals surface area contributed by atoms with Crippen LogP contribution in [0.2, 0.25) is 0 Å². The molecule has 6 heteroatoms. The van der Waals surface area contributed by atoms with Gasteiger partial charge >= 0.3 is 0 Å². The molecule has 2 aliphatic heterocycles. The number of hydrogen-bond donors (Lipinski definition) is 2. The monoisotopic (exact) mass is 395 g/mol. The summed E-state index contributed by atoms with van der Waals surface area (Å²) in [5, 5.41) is 2.64. The number of nitrogens with one attached hydrogen (secondary N) is 1. The Morgan fingerprint density at radius 1 is 1.04 bits per heavy atom. The maximum Gasteiger partial charge on any atom is 0.263 e. The molecule has 0 bridgehead atoms. The van der Waals surface area contributed by atoms with E-state index in [-0.39, 0.29) is 5.91 Å². The first kappa shape index (κ1) is 18.2. The molecule has 2 saturated heterocycles. The highest BCUT2D eigenvalue weighted by Gasteiger charge is 2.21.